The van der Waals surface area contributed by atoms with Crippen LogP contribution in [0.25, 0.3) is 10.9 Å². The van der Waals surface area contributed by atoms with Crippen LogP contribution in [0.1, 0.15) is 12.0 Å². The first-order valence-electron chi connectivity index (χ1n) is 8.82. The van der Waals surface area contributed by atoms with Crippen LogP contribution in [-0.4, -0.2) is 34.1 Å². The number of benzene rings is 2. The van der Waals surface area contributed by atoms with Crippen LogP contribution in [-0.2, 0) is 16.1 Å². The van der Waals surface area contributed by atoms with Crippen molar-refractivity contribution in [3.63, 3.8) is 0 Å². The smallest absolute Gasteiger partial charge is 0.268 e. The van der Waals surface area contributed by atoms with Gasteiger partial charge in [0.25, 0.3) is 11.8 Å². The van der Waals surface area contributed by atoms with Crippen LogP contribution in [0.5, 0.6) is 0 Å². The second-order valence-corrected chi connectivity index (χ2v) is 8.21. The predicted molar refractivity (Wildman–Crippen MR) is 111 cm³/mol. The Balaban J connectivity index is 1.50. The van der Waals surface area contributed by atoms with E-state index in [4.69, 9.17) is 11.6 Å². The van der Waals surface area contributed by atoms with Crippen LogP contribution in [0, 0.1) is 5.82 Å². The highest BCUT2D eigenvalue weighted by Crippen LogP contribution is 2.31. The SMILES string of the molecule is O=C(NCc1cc(F)cc(Cl)c1)[C@@]1(O)CCN(c2ccc3[nH]c(Br)cc3c2)C1=O. The second kappa shape index (κ2) is 7.44. The molecule has 0 radical (unpaired) electrons. The molecule has 0 saturated carbocycles. The van der Waals surface area contributed by atoms with Gasteiger partial charge in [0.1, 0.15) is 5.82 Å². The molecule has 2 aromatic carbocycles. The topological polar surface area (TPSA) is 85.4 Å². The van der Waals surface area contributed by atoms with Gasteiger partial charge in [0, 0.05) is 41.1 Å². The van der Waals surface area contributed by atoms with Crippen molar-refractivity contribution in [2.75, 3.05) is 11.4 Å². The van der Waals surface area contributed by atoms with Gasteiger partial charge in [-0.3, -0.25) is 9.59 Å². The molecule has 1 aromatic heterocycles. The highest BCUT2D eigenvalue weighted by molar-refractivity contribution is 9.10. The molecule has 3 N–H and O–H groups in total. The number of hydrogen-bond acceptors (Lipinski definition) is 3. The summed E-state index contributed by atoms with van der Waals surface area (Å²) in [5, 5.41) is 14.3. The number of aliphatic hydroxyl groups is 1. The minimum Gasteiger partial charge on any atom is -0.372 e. The van der Waals surface area contributed by atoms with E-state index in [0.717, 1.165) is 21.6 Å². The van der Waals surface area contributed by atoms with Gasteiger partial charge in [-0.25, -0.2) is 4.39 Å². The molecular formula is C20H16BrClFN3O3. The van der Waals surface area contributed by atoms with E-state index in [1.165, 1.54) is 17.0 Å². The average Bonchev–Trinajstić information content (AvgIpc) is 3.18. The number of nitrogens with one attached hydrogen (secondary N) is 2. The van der Waals surface area contributed by atoms with Gasteiger partial charge < -0.3 is 20.3 Å². The van der Waals surface area contributed by atoms with Crippen molar-refractivity contribution in [1.29, 1.82) is 0 Å². The Hall–Kier alpha value is -2.42. The number of carbonyl (C=O) groups is 2. The fourth-order valence-corrected chi connectivity index (χ4v) is 4.16. The predicted octanol–water partition coefficient (Wildman–Crippen LogP) is 3.51. The van der Waals surface area contributed by atoms with Crippen LogP contribution in [0.15, 0.2) is 47.1 Å². The first-order chi connectivity index (χ1) is 13.8. The third-order valence-corrected chi connectivity index (χ3v) is 5.58. The van der Waals surface area contributed by atoms with Crippen LogP contribution in [0.4, 0.5) is 10.1 Å². The number of nitrogens with zero attached hydrogens (tertiary/aromatic N) is 1. The summed E-state index contributed by atoms with van der Waals surface area (Å²) in [6, 6.07) is 11.1. The summed E-state index contributed by atoms with van der Waals surface area (Å²) < 4.78 is 14.2. The molecular weight excluding hydrogens is 465 g/mol. The summed E-state index contributed by atoms with van der Waals surface area (Å²) in [6.45, 7) is 0.140. The molecule has 9 heteroatoms. The fourth-order valence-electron chi connectivity index (χ4n) is 3.46. The van der Waals surface area contributed by atoms with E-state index in [1.807, 2.05) is 18.2 Å². The molecule has 3 aromatic rings. The zero-order valence-electron chi connectivity index (χ0n) is 15.0. The number of H-pyrrole nitrogens is 1. The van der Waals surface area contributed by atoms with Crippen molar-refractivity contribution >= 4 is 55.9 Å². The maximum atomic E-state index is 13.4. The third kappa shape index (κ3) is 3.75. The molecule has 1 aliphatic rings. The van der Waals surface area contributed by atoms with E-state index in [-0.39, 0.29) is 24.5 Å². The van der Waals surface area contributed by atoms with Crippen LogP contribution in [0.3, 0.4) is 0 Å². The number of halogens is 3. The van der Waals surface area contributed by atoms with Gasteiger partial charge in [-0.05, 0) is 64.0 Å². The lowest BCUT2D eigenvalue weighted by Crippen LogP contribution is -2.52. The average molecular weight is 481 g/mol. The van der Waals surface area contributed by atoms with E-state index >= 15 is 0 Å². The van der Waals surface area contributed by atoms with Crippen LogP contribution < -0.4 is 10.2 Å². The Labute approximate surface area is 178 Å². The van der Waals surface area contributed by atoms with Crippen molar-refractivity contribution in [2.45, 2.75) is 18.6 Å². The largest absolute Gasteiger partial charge is 0.372 e. The molecule has 1 fully saturated rings. The molecule has 0 unspecified atom stereocenters. The summed E-state index contributed by atoms with van der Waals surface area (Å²) in [6.07, 6.45) is -0.0452. The number of fused-ring (bicyclic) bond motifs is 1. The highest BCUT2D eigenvalue weighted by atomic mass is 79.9. The van der Waals surface area contributed by atoms with Crippen LogP contribution >= 0.6 is 27.5 Å². The number of hydrogen-bond donors (Lipinski definition) is 3. The lowest BCUT2D eigenvalue weighted by atomic mass is 10.0. The normalized spacial score (nSPS) is 19.2. The molecule has 1 saturated heterocycles. The Morgan fingerprint density at radius 2 is 2.10 bits per heavy atom. The zero-order valence-corrected chi connectivity index (χ0v) is 17.3. The quantitative estimate of drug-likeness (QED) is 0.500. The first kappa shape index (κ1) is 19.9. The van der Waals surface area contributed by atoms with Gasteiger partial charge in [0.15, 0.2) is 0 Å². The van der Waals surface area contributed by atoms with Gasteiger partial charge >= 0.3 is 0 Å². The van der Waals surface area contributed by atoms with Gasteiger partial charge in [-0.15, -0.1) is 0 Å². The molecule has 2 amide bonds. The van der Waals surface area contributed by atoms with Crippen molar-refractivity contribution in [3.8, 4) is 0 Å². The number of aromatic nitrogens is 1. The molecule has 0 spiro atoms. The van der Waals surface area contributed by atoms with Gasteiger partial charge in [0.2, 0.25) is 5.60 Å². The summed E-state index contributed by atoms with van der Waals surface area (Å²) in [5.41, 5.74) is -0.258. The third-order valence-electron chi connectivity index (χ3n) is 4.93. The standard InChI is InChI=1S/C20H16BrClFN3O3/c21-17-8-12-7-15(1-2-16(12)25-17)26-4-3-20(29,19(26)28)18(27)24-10-11-5-13(22)9-14(23)6-11/h1-2,5-9,25,29H,3-4,10H2,(H,24,27)/t20-/m0/s1. The fraction of sp³-hybridized carbons (Fsp3) is 0.200. The molecule has 29 heavy (non-hydrogen) atoms. The molecule has 1 aliphatic heterocycles. The molecule has 1 atom stereocenters. The Kier molecular flexibility index (Phi) is 5.10. The van der Waals surface area contributed by atoms with Gasteiger partial charge in [-0.1, -0.05) is 11.6 Å². The lowest BCUT2D eigenvalue weighted by Gasteiger charge is -2.22. The molecule has 0 bridgehead atoms. The van der Waals surface area contributed by atoms with E-state index in [2.05, 4.69) is 26.2 Å². The Bertz CT molecular complexity index is 1120. The van der Waals surface area contributed by atoms with Crippen molar-refractivity contribution in [3.05, 3.63) is 63.5 Å². The molecule has 0 aliphatic carbocycles. The Morgan fingerprint density at radius 3 is 2.86 bits per heavy atom. The van der Waals surface area contributed by atoms with Crippen molar-refractivity contribution in [2.24, 2.45) is 0 Å². The number of carbonyl (C=O) groups excluding carboxylic acids is 2. The zero-order chi connectivity index (χ0) is 20.8. The summed E-state index contributed by atoms with van der Waals surface area (Å²) in [5.74, 6) is -2.05. The summed E-state index contributed by atoms with van der Waals surface area (Å²) in [7, 11) is 0. The monoisotopic (exact) mass is 479 g/mol. The van der Waals surface area contributed by atoms with E-state index in [0.29, 0.717) is 11.3 Å². The number of rotatable bonds is 4. The van der Waals surface area contributed by atoms with E-state index in [9.17, 15) is 19.1 Å². The van der Waals surface area contributed by atoms with E-state index < -0.39 is 23.2 Å². The number of amides is 2. The van der Waals surface area contributed by atoms with E-state index in [1.54, 1.807) is 6.07 Å². The molecule has 4 rings (SSSR count). The molecule has 150 valence electrons. The second-order valence-electron chi connectivity index (χ2n) is 6.92. The number of aromatic amines is 1. The maximum Gasteiger partial charge on any atom is 0.268 e. The first-order valence-corrected chi connectivity index (χ1v) is 9.99. The lowest BCUT2D eigenvalue weighted by molar-refractivity contribution is -0.149. The van der Waals surface area contributed by atoms with Gasteiger partial charge in [-0.2, -0.15) is 0 Å². The van der Waals surface area contributed by atoms with Crippen LogP contribution in [0.2, 0.25) is 5.02 Å². The highest BCUT2D eigenvalue weighted by Gasteiger charge is 2.51. The van der Waals surface area contributed by atoms with Gasteiger partial charge in [0.05, 0.1) is 4.60 Å². The summed E-state index contributed by atoms with van der Waals surface area (Å²) in [4.78, 5) is 29.9. The van der Waals surface area contributed by atoms with Crippen molar-refractivity contribution < 1.29 is 19.1 Å². The Morgan fingerprint density at radius 1 is 1.31 bits per heavy atom. The van der Waals surface area contributed by atoms with Crippen molar-refractivity contribution in [1.82, 2.24) is 10.3 Å². The molecule has 2 heterocycles. The number of anilines is 1. The minimum atomic E-state index is -2.18. The molecule has 6 nitrogen and oxygen atoms in total. The minimum absolute atomic E-state index is 0.0452. The maximum absolute atomic E-state index is 13.4. The summed E-state index contributed by atoms with van der Waals surface area (Å²) >= 11 is 9.17.